The maximum absolute atomic E-state index is 8.34. The van der Waals surface area contributed by atoms with Crippen LogP contribution in [0.3, 0.4) is 0 Å². The minimum absolute atomic E-state index is 0.514. The Labute approximate surface area is 110 Å². The van der Waals surface area contributed by atoms with Crippen LogP contribution in [0.25, 0.3) is 0 Å². The zero-order valence-electron chi connectivity index (χ0n) is 11.3. The van der Waals surface area contributed by atoms with Crippen molar-refractivity contribution in [2.45, 2.75) is 27.2 Å². The van der Waals surface area contributed by atoms with E-state index in [1.54, 1.807) is 0 Å². The number of aryl methyl sites for hydroxylation is 3. The molecule has 0 aliphatic rings. The summed E-state index contributed by atoms with van der Waals surface area (Å²) in [7, 11) is 0. The van der Waals surface area contributed by atoms with Crippen LogP contribution in [0.5, 0.6) is 0 Å². The highest BCUT2D eigenvalue weighted by Crippen LogP contribution is 2.02. The van der Waals surface area contributed by atoms with Crippen molar-refractivity contribution in [1.29, 1.82) is 5.26 Å². The van der Waals surface area contributed by atoms with Crippen LogP contribution in [0.1, 0.15) is 22.3 Å². The highest BCUT2D eigenvalue weighted by Gasteiger charge is 1.88. The van der Waals surface area contributed by atoms with Gasteiger partial charge in [0, 0.05) is 0 Å². The molecule has 0 fully saturated rings. The van der Waals surface area contributed by atoms with Crippen LogP contribution in [0, 0.1) is 32.1 Å². The molecule has 2 aromatic rings. The van der Waals surface area contributed by atoms with E-state index in [0.717, 1.165) is 5.56 Å². The lowest BCUT2D eigenvalue weighted by Gasteiger charge is -1.93. The van der Waals surface area contributed by atoms with Gasteiger partial charge in [0.2, 0.25) is 0 Å². The standard InChI is InChI=1S/C9H9N.C8H10/c1-8-2-4-9(5-3-8)6-7-10;1-7-4-3-5-8(2)6-7/h2-5H,6H2,1H3;3-6H,1-2H3. The highest BCUT2D eigenvalue weighted by atomic mass is 14.2. The molecule has 0 atom stereocenters. The molecule has 2 aromatic carbocycles. The highest BCUT2D eigenvalue weighted by molar-refractivity contribution is 5.23. The minimum atomic E-state index is 0.514. The molecule has 0 aromatic heterocycles. The lowest BCUT2D eigenvalue weighted by atomic mass is 10.1. The third-order valence-electron chi connectivity index (χ3n) is 2.58. The van der Waals surface area contributed by atoms with Crippen molar-refractivity contribution in [1.82, 2.24) is 0 Å². The first kappa shape index (κ1) is 14.0. The summed E-state index contributed by atoms with van der Waals surface area (Å²) in [5.74, 6) is 0. The molecule has 0 unspecified atom stereocenters. The topological polar surface area (TPSA) is 23.8 Å². The van der Waals surface area contributed by atoms with Gasteiger partial charge in [0.1, 0.15) is 0 Å². The largest absolute Gasteiger partial charge is 0.198 e. The first-order chi connectivity index (χ1) is 8.61. The molecule has 0 spiro atoms. The SMILES string of the molecule is Cc1ccc(CC#N)cc1.Cc1cccc(C)c1. The van der Waals surface area contributed by atoms with Crippen molar-refractivity contribution in [3.63, 3.8) is 0 Å². The van der Waals surface area contributed by atoms with Crippen molar-refractivity contribution < 1.29 is 0 Å². The Morgan fingerprint density at radius 1 is 0.833 bits per heavy atom. The zero-order chi connectivity index (χ0) is 13.4. The van der Waals surface area contributed by atoms with E-state index in [2.05, 4.69) is 44.2 Å². The summed E-state index contributed by atoms with van der Waals surface area (Å²) >= 11 is 0. The molecule has 0 radical (unpaired) electrons. The lowest BCUT2D eigenvalue weighted by Crippen LogP contribution is -1.79. The minimum Gasteiger partial charge on any atom is -0.198 e. The quantitative estimate of drug-likeness (QED) is 0.722. The Balaban J connectivity index is 0.000000184. The molecule has 2 rings (SSSR count). The number of hydrogen-bond donors (Lipinski definition) is 0. The van der Waals surface area contributed by atoms with E-state index in [1.807, 2.05) is 31.2 Å². The van der Waals surface area contributed by atoms with E-state index in [-0.39, 0.29) is 0 Å². The molecular formula is C17H19N. The van der Waals surface area contributed by atoms with E-state index in [4.69, 9.17) is 5.26 Å². The maximum Gasteiger partial charge on any atom is 0.0669 e. The number of nitriles is 1. The van der Waals surface area contributed by atoms with E-state index in [9.17, 15) is 0 Å². The van der Waals surface area contributed by atoms with Crippen LogP contribution >= 0.6 is 0 Å². The van der Waals surface area contributed by atoms with Gasteiger partial charge >= 0.3 is 0 Å². The summed E-state index contributed by atoms with van der Waals surface area (Å²) in [6.07, 6.45) is 0.514. The van der Waals surface area contributed by atoms with Crippen LogP contribution < -0.4 is 0 Å². The van der Waals surface area contributed by atoms with Crippen LogP contribution in [0.15, 0.2) is 48.5 Å². The predicted octanol–water partition coefficient (Wildman–Crippen LogP) is 4.36. The van der Waals surface area contributed by atoms with Gasteiger partial charge in [-0.1, -0.05) is 65.2 Å². The van der Waals surface area contributed by atoms with Crippen LogP contribution in [-0.4, -0.2) is 0 Å². The molecule has 0 saturated carbocycles. The van der Waals surface area contributed by atoms with E-state index >= 15 is 0 Å². The number of benzene rings is 2. The Bertz CT molecular complexity index is 501. The summed E-state index contributed by atoms with van der Waals surface area (Å²) in [5, 5.41) is 8.34. The van der Waals surface area contributed by atoms with Gasteiger partial charge in [-0.05, 0) is 26.3 Å². The molecule has 0 aliphatic carbocycles. The second-order valence-electron chi connectivity index (χ2n) is 4.48. The molecule has 0 saturated heterocycles. The molecule has 18 heavy (non-hydrogen) atoms. The summed E-state index contributed by atoms with van der Waals surface area (Å²) < 4.78 is 0. The normalized spacial score (nSPS) is 9.00. The van der Waals surface area contributed by atoms with Gasteiger partial charge in [0.15, 0.2) is 0 Å². The third kappa shape index (κ3) is 5.32. The molecule has 1 nitrogen and oxygen atoms in total. The van der Waals surface area contributed by atoms with Crippen molar-refractivity contribution in [3.05, 3.63) is 70.8 Å². The molecule has 92 valence electrons. The fourth-order valence-corrected chi connectivity index (χ4v) is 1.60. The summed E-state index contributed by atoms with van der Waals surface area (Å²) in [6, 6.07) is 18.6. The van der Waals surface area contributed by atoms with E-state index in [1.165, 1.54) is 16.7 Å². The van der Waals surface area contributed by atoms with Crippen molar-refractivity contribution in [2.24, 2.45) is 0 Å². The average Bonchev–Trinajstić information content (AvgIpc) is 2.33. The number of hydrogen-bond acceptors (Lipinski definition) is 1. The van der Waals surface area contributed by atoms with Crippen molar-refractivity contribution >= 4 is 0 Å². The molecule has 1 heteroatoms. The fraction of sp³-hybridized carbons (Fsp3) is 0.235. The summed E-state index contributed by atoms with van der Waals surface area (Å²) in [4.78, 5) is 0. The Morgan fingerprint density at radius 3 is 1.78 bits per heavy atom. The zero-order valence-corrected chi connectivity index (χ0v) is 11.3. The van der Waals surface area contributed by atoms with Gasteiger partial charge in [-0.25, -0.2) is 0 Å². The number of rotatable bonds is 1. The maximum atomic E-state index is 8.34. The van der Waals surface area contributed by atoms with Gasteiger partial charge < -0.3 is 0 Å². The van der Waals surface area contributed by atoms with Gasteiger partial charge in [-0.3, -0.25) is 0 Å². The Hall–Kier alpha value is -2.07. The van der Waals surface area contributed by atoms with Gasteiger partial charge in [0.25, 0.3) is 0 Å². The molecule has 0 amide bonds. The molecular weight excluding hydrogens is 218 g/mol. The third-order valence-corrected chi connectivity index (χ3v) is 2.58. The average molecular weight is 237 g/mol. The molecule has 0 aliphatic heterocycles. The Morgan fingerprint density at radius 2 is 1.39 bits per heavy atom. The molecule has 0 heterocycles. The second-order valence-corrected chi connectivity index (χ2v) is 4.48. The first-order valence-corrected chi connectivity index (χ1v) is 6.07. The summed E-state index contributed by atoms with van der Waals surface area (Å²) in [6.45, 7) is 6.25. The van der Waals surface area contributed by atoms with Gasteiger partial charge in [-0.15, -0.1) is 0 Å². The Kier molecular flexibility index (Phi) is 5.67. The van der Waals surface area contributed by atoms with Crippen molar-refractivity contribution in [3.8, 4) is 6.07 Å². The first-order valence-electron chi connectivity index (χ1n) is 6.07. The lowest BCUT2D eigenvalue weighted by molar-refractivity contribution is 1.25. The van der Waals surface area contributed by atoms with Crippen LogP contribution in [0.4, 0.5) is 0 Å². The van der Waals surface area contributed by atoms with Crippen molar-refractivity contribution in [2.75, 3.05) is 0 Å². The van der Waals surface area contributed by atoms with Gasteiger partial charge in [-0.2, -0.15) is 5.26 Å². The summed E-state index contributed by atoms with van der Waals surface area (Å²) in [5.41, 5.74) is 5.00. The van der Waals surface area contributed by atoms with Gasteiger partial charge in [0.05, 0.1) is 12.5 Å². The van der Waals surface area contributed by atoms with Crippen LogP contribution in [-0.2, 0) is 6.42 Å². The monoisotopic (exact) mass is 237 g/mol. The number of nitrogens with zero attached hydrogens (tertiary/aromatic N) is 1. The predicted molar refractivity (Wildman–Crippen MR) is 76.4 cm³/mol. The molecule has 0 N–H and O–H groups in total. The smallest absolute Gasteiger partial charge is 0.0669 e. The molecule has 0 bridgehead atoms. The van der Waals surface area contributed by atoms with Crippen LogP contribution in [0.2, 0.25) is 0 Å². The second kappa shape index (κ2) is 7.29. The fourth-order valence-electron chi connectivity index (χ4n) is 1.60. The van der Waals surface area contributed by atoms with E-state index in [0.29, 0.717) is 6.42 Å². The van der Waals surface area contributed by atoms with E-state index < -0.39 is 0 Å².